The van der Waals surface area contributed by atoms with Crippen molar-refractivity contribution in [2.75, 3.05) is 0 Å². The molecular formula is C136H134O. The molecule has 1 aliphatic rings. The molecule has 684 valence electrons. The third-order valence-electron chi connectivity index (χ3n) is 29.3. The Hall–Kier alpha value is -13.5. The first kappa shape index (κ1) is 92.6. The number of hydrogen-bond acceptors (Lipinski definition) is 1. The van der Waals surface area contributed by atoms with Crippen LogP contribution in [0.4, 0.5) is 0 Å². The van der Waals surface area contributed by atoms with Crippen LogP contribution in [0.5, 0.6) is 0 Å². The van der Waals surface area contributed by atoms with Gasteiger partial charge in [-0.2, -0.15) is 0 Å². The molecule has 0 saturated heterocycles. The van der Waals surface area contributed by atoms with Crippen molar-refractivity contribution >= 4 is 21.9 Å². The predicted molar refractivity (Wildman–Crippen MR) is 591 cm³/mol. The number of rotatable bonds is 14. The van der Waals surface area contributed by atoms with E-state index in [-0.39, 0.29) is 43.3 Å². The zero-order chi connectivity index (χ0) is 96.8. The van der Waals surface area contributed by atoms with Gasteiger partial charge in [-0.3, -0.25) is 0 Å². The van der Waals surface area contributed by atoms with Crippen LogP contribution in [0, 0.1) is 6.92 Å². The number of hydrogen-bond donors (Lipinski definition) is 0. The second-order valence-electron chi connectivity index (χ2n) is 47.7. The smallest absolute Gasteiger partial charge is 0.136 e. The van der Waals surface area contributed by atoms with E-state index >= 15 is 0 Å². The van der Waals surface area contributed by atoms with E-state index in [1.807, 2.05) is 0 Å². The molecule has 17 aromatic carbocycles. The summed E-state index contributed by atoms with van der Waals surface area (Å²) in [5.41, 5.74) is 46.1. The molecule has 0 bridgehead atoms. The predicted octanol–water partition coefficient (Wildman–Crippen LogP) is 38.6. The summed E-state index contributed by atoms with van der Waals surface area (Å²) < 4.78 is 7.18. The number of fused-ring (bicyclic) bond motifs is 7. The normalized spacial score (nSPS) is 13.2. The maximum atomic E-state index is 7.18. The Balaban J connectivity index is 0.987. The Kier molecular flexibility index (Phi) is 23.2. The summed E-state index contributed by atoms with van der Waals surface area (Å²) in [5.74, 6) is 0. The van der Waals surface area contributed by atoms with E-state index in [4.69, 9.17) is 4.42 Å². The molecule has 18 aromatic rings. The van der Waals surface area contributed by atoms with Gasteiger partial charge in [0.2, 0.25) is 0 Å². The molecule has 0 radical (unpaired) electrons. The van der Waals surface area contributed by atoms with Crippen LogP contribution in [-0.4, -0.2) is 0 Å². The van der Waals surface area contributed by atoms with Gasteiger partial charge >= 0.3 is 0 Å². The highest BCUT2D eigenvalue weighted by molar-refractivity contribution is 6.16. The standard InChI is InChI=1S/C136H134O/c1-85-30-63-122-121(66-85)126-123(64-65-125-127(126)120-28-26-27-29-124(120)137-125)136(122,118-81-106(102-71-94(86-31-47-110(48-32-86)128(2,3)4)67-95(72-102)87-33-49-111(50-34-87)129(5,6)7)79-107(82-118)103-73-96(88-35-51-112(52-36-88)130(8,9)10)68-97(74-103)89-37-53-113(54-38-89)131(11,12)13)119-83-108(104-75-98(90-39-55-114(56-40-90)132(14,15)16)69-99(76-104)91-41-57-115(58-42-91)133(17,18)19)80-109(84-119)105-77-100(92-43-59-116(60-44-92)134(20,21)22)70-101(78-105)93-45-61-117(62-46-93)135(23,24)25/h26-84H,1-25H3. The zero-order valence-corrected chi connectivity index (χ0v) is 85.5. The van der Waals surface area contributed by atoms with Gasteiger partial charge in [0.05, 0.1) is 5.41 Å². The number of benzene rings is 17. The molecule has 0 spiro atoms. The molecule has 1 heteroatoms. The van der Waals surface area contributed by atoms with E-state index in [1.165, 1.54) is 72.3 Å². The Morgan fingerprint density at radius 3 is 0.591 bits per heavy atom. The number of para-hydroxylation sites is 1. The minimum absolute atomic E-state index is 0.0430. The fourth-order valence-corrected chi connectivity index (χ4v) is 20.7. The molecular weight excluding hydrogens is 1650 g/mol. The van der Waals surface area contributed by atoms with Crippen molar-refractivity contribution in [3.8, 4) is 145 Å². The molecule has 0 aliphatic heterocycles. The van der Waals surface area contributed by atoms with Crippen LogP contribution in [0.2, 0.25) is 0 Å². The molecule has 1 aromatic heterocycles. The minimum Gasteiger partial charge on any atom is -0.456 e. The van der Waals surface area contributed by atoms with Gasteiger partial charge in [-0.05, 0) is 383 Å². The average Bonchev–Trinajstić information content (AvgIpc) is 1.52. The monoisotopic (exact) mass is 1780 g/mol. The Labute approximate surface area is 817 Å². The summed E-state index contributed by atoms with van der Waals surface area (Å²) in [7, 11) is 0. The van der Waals surface area contributed by atoms with E-state index in [9.17, 15) is 0 Å². The fraction of sp³-hybridized carbons (Fsp3) is 0.250. The van der Waals surface area contributed by atoms with Crippen molar-refractivity contribution in [2.24, 2.45) is 0 Å². The molecule has 0 atom stereocenters. The molecule has 0 saturated carbocycles. The maximum Gasteiger partial charge on any atom is 0.136 e. The van der Waals surface area contributed by atoms with E-state index in [0.717, 1.165) is 167 Å². The molecule has 0 unspecified atom stereocenters. The summed E-state index contributed by atoms with van der Waals surface area (Å²) in [6.45, 7) is 57.8. The zero-order valence-electron chi connectivity index (χ0n) is 85.5. The Morgan fingerprint density at radius 2 is 0.372 bits per heavy atom. The van der Waals surface area contributed by atoms with Crippen LogP contribution in [-0.2, 0) is 48.7 Å². The van der Waals surface area contributed by atoms with Gasteiger partial charge in [-0.25, -0.2) is 0 Å². The quantitative estimate of drug-likeness (QED) is 0.106. The lowest BCUT2D eigenvalue weighted by molar-refractivity contribution is 0.590. The maximum absolute atomic E-state index is 7.18. The molecule has 0 amide bonds. The van der Waals surface area contributed by atoms with Gasteiger partial charge in [0.1, 0.15) is 11.2 Å². The van der Waals surface area contributed by atoms with Gasteiger partial charge in [-0.15, -0.1) is 0 Å². The van der Waals surface area contributed by atoms with Crippen molar-refractivity contribution < 1.29 is 4.42 Å². The minimum atomic E-state index is -1.10. The van der Waals surface area contributed by atoms with Gasteiger partial charge in [0.15, 0.2) is 0 Å². The lowest BCUT2D eigenvalue weighted by Gasteiger charge is -2.35. The van der Waals surface area contributed by atoms with Gasteiger partial charge in [-0.1, -0.05) is 408 Å². The highest BCUT2D eigenvalue weighted by Gasteiger charge is 2.49. The molecule has 1 aliphatic carbocycles. The van der Waals surface area contributed by atoms with Gasteiger partial charge in [0, 0.05) is 10.8 Å². The lowest BCUT2D eigenvalue weighted by Crippen LogP contribution is -2.29. The van der Waals surface area contributed by atoms with Crippen molar-refractivity contribution in [3.63, 3.8) is 0 Å². The van der Waals surface area contributed by atoms with E-state index in [0.29, 0.717) is 0 Å². The van der Waals surface area contributed by atoms with E-state index in [2.05, 4.69) is 531 Å². The third kappa shape index (κ3) is 18.3. The first-order valence-electron chi connectivity index (χ1n) is 49.6. The van der Waals surface area contributed by atoms with E-state index in [1.54, 1.807) is 0 Å². The van der Waals surface area contributed by atoms with Crippen molar-refractivity contribution in [3.05, 3.63) is 430 Å². The summed E-state index contributed by atoms with van der Waals surface area (Å²) in [4.78, 5) is 0. The second kappa shape index (κ2) is 34.4. The van der Waals surface area contributed by atoms with Crippen LogP contribution < -0.4 is 0 Å². The van der Waals surface area contributed by atoms with Crippen molar-refractivity contribution in [1.29, 1.82) is 0 Å². The fourth-order valence-electron chi connectivity index (χ4n) is 20.7. The highest BCUT2D eigenvalue weighted by atomic mass is 16.3. The van der Waals surface area contributed by atoms with Gasteiger partial charge in [0.25, 0.3) is 0 Å². The Bertz CT molecular complexity index is 6590. The summed E-state index contributed by atoms with van der Waals surface area (Å²) in [5, 5.41) is 2.20. The van der Waals surface area contributed by atoms with Crippen molar-refractivity contribution in [2.45, 2.75) is 222 Å². The summed E-state index contributed by atoms with van der Waals surface area (Å²) in [6.07, 6.45) is 0. The van der Waals surface area contributed by atoms with Gasteiger partial charge < -0.3 is 4.42 Å². The number of furan rings is 1. The topological polar surface area (TPSA) is 13.1 Å². The Morgan fingerprint density at radius 1 is 0.175 bits per heavy atom. The first-order chi connectivity index (χ1) is 64.7. The molecule has 1 nitrogen and oxygen atoms in total. The average molecular weight is 1780 g/mol. The van der Waals surface area contributed by atoms with Crippen LogP contribution in [0.15, 0.2) is 362 Å². The van der Waals surface area contributed by atoms with E-state index < -0.39 is 5.41 Å². The molecule has 0 N–H and O–H groups in total. The summed E-state index contributed by atoms with van der Waals surface area (Å²) in [6, 6.07) is 141. The van der Waals surface area contributed by atoms with Crippen LogP contribution >= 0.6 is 0 Å². The van der Waals surface area contributed by atoms with Crippen LogP contribution in [0.1, 0.15) is 238 Å². The third-order valence-corrected chi connectivity index (χ3v) is 29.3. The molecule has 137 heavy (non-hydrogen) atoms. The first-order valence-corrected chi connectivity index (χ1v) is 49.6. The molecule has 0 fully saturated rings. The SMILES string of the molecule is Cc1ccc2c(c1)-c1c(ccc3oc4ccccc4c13)C2(c1cc(-c2cc(-c3ccc(C(C)(C)C)cc3)cc(-c3ccc(C(C)(C)C)cc3)c2)cc(-c2cc(-c3ccc(C(C)(C)C)cc3)cc(-c3ccc(C(C)(C)C)cc3)c2)c1)c1cc(-c2cc(-c3ccc(C(C)(C)C)cc3)cc(-c3ccc(C(C)(C)C)cc3)c2)cc(-c2cc(-c3ccc(C(C)(C)C)cc3)cc(-c3ccc(C(C)(C)C)cc3)c2)c1. The van der Waals surface area contributed by atoms with Crippen molar-refractivity contribution in [1.82, 2.24) is 0 Å². The largest absolute Gasteiger partial charge is 0.456 e. The lowest BCUT2D eigenvalue weighted by atomic mass is 9.66. The van der Waals surface area contributed by atoms with Crippen LogP contribution in [0.3, 0.4) is 0 Å². The molecule has 1 heterocycles. The van der Waals surface area contributed by atoms with Crippen LogP contribution in [0.25, 0.3) is 167 Å². The highest BCUT2D eigenvalue weighted by Crippen LogP contribution is 2.61. The molecule has 19 rings (SSSR count). The summed E-state index contributed by atoms with van der Waals surface area (Å²) >= 11 is 0. The second-order valence-corrected chi connectivity index (χ2v) is 47.7. The number of aryl methyl sites for hydroxylation is 1.